The first-order chi connectivity index (χ1) is 11.8. The molecule has 0 aliphatic rings. The van der Waals surface area contributed by atoms with Gasteiger partial charge in [0, 0.05) is 18.7 Å². The maximum Gasteiger partial charge on any atom is 0.407 e. The summed E-state index contributed by atoms with van der Waals surface area (Å²) in [6.45, 7) is 5.78. The van der Waals surface area contributed by atoms with Crippen molar-refractivity contribution in [3.05, 3.63) is 36.9 Å². The second-order valence-electron chi connectivity index (χ2n) is 6.47. The highest BCUT2D eigenvalue weighted by Crippen LogP contribution is 2.12. The first-order valence-electron chi connectivity index (χ1n) is 8.05. The van der Waals surface area contributed by atoms with Crippen LogP contribution in [0.1, 0.15) is 33.6 Å². The van der Waals surface area contributed by atoms with Crippen LogP contribution in [0.2, 0.25) is 0 Å². The maximum atomic E-state index is 11.9. The van der Waals surface area contributed by atoms with Gasteiger partial charge in [-0.25, -0.2) is 14.5 Å². The van der Waals surface area contributed by atoms with E-state index < -0.39 is 11.7 Å². The predicted molar refractivity (Wildman–Crippen MR) is 93.5 cm³/mol. The van der Waals surface area contributed by atoms with E-state index in [9.17, 15) is 9.59 Å². The molecule has 0 atom stereocenters. The van der Waals surface area contributed by atoms with E-state index in [0.717, 1.165) is 5.69 Å². The molecule has 0 unspecified atom stereocenters. The molecule has 1 aromatic carbocycles. The van der Waals surface area contributed by atoms with E-state index in [4.69, 9.17) is 4.74 Å². The molecular formula is C17H23N5O3. The third-order valence-electron chi connectivity index (χ3n) is 3.08. The Bertz CT molecular complexity index is 690. The minimum atomic E-state index is -0.528. The van der Waals surface area contributed by atoms with Crippen molar-refractivity contribution in [2.24, 2.45) is 0 Å². The SMILES string of the molecule is CC(C)(C)OC(=O)NCCCC(=O)Nc1ccc(-n2cncn2)cc1. The van der Waals surface area contributed by atoms with Gasteiger partial charge in [0.25, 0.3) is 0 Å². The number of nitrogens with one attached hydrogen (secondary N) is 2. The summed E-state index contributed by atoms with van der Waals surface area (Å²) < 4.78 is 6.75. The Morgan fingerprint density at radius 3 is 2.52 bits per heavy atom. The van der Waals surface area contributed by atoms with E-state index >= 15 is 0 Å². The van der Waals surface area contributed by atoms with Gasteiger partial charge in [-0.1, -0.05) is 0 Å². The van der Waals surface area contributed by atoms with Gasteiger partial charge in [0.1, 0.15) is 18.3 Å². The predicted octanol–water partition coefficient (Wildman–Crippen LogP) is 2.51. The van der Waals surface area contributed by atoms with E-state index in [1.165, 1.54) is 6.33 Å². The van der Waals surface area contributed by atoms with Crippen LogP contribution in [0.4, 0.5) is 10.5 Å². The topological polar surface area (TPSA) is 98.1 Å². The Morgan fingerprint density at radius 2 is 1.92 bits per heavy atom. The largest absolute Gasteiger partial charge is 0.444 e. The van der Waals surface area contributed by atoms with Gasteiger partial charge in [0.2, 0.25) is 5.91 Å². The first-order valence-corrected chi connectivity index (χ1v) is 8.05. The van der Waals surface area contributed by atoms with Crippen LogP contribution in [0.3, 0.4) is 0 Å². The van der Waals surface area contributed by atoms with E-state index in [0.29, 0.717) is 25.1 Å². The molecule has 0 radical (unpaired) electrons. The number of aromatic nitrogens is 3. The summed E-state index contributed by atoms with van der Waals surface area (Å²) >= 11 is 0. The van der Waals surface area contributed by atoms with Gasteiger partial charge >= 0.3 is 6.09 Å². The number of anilines is 1. The van der Waals surface area contributed by atoms with Crippen molar-refractivity contribution in [3.8, 4) is 5.69 Å². The molecule has 2 rings (SSSR count). The standard InChI is InChI=1S/C17H23N5O3/c1-17(2,3)25-16(24)19-10-4-5-15(23)21-13-6-8-14(9-7-13)22-12-18-11-20-22/h6-9,11-12H,4-5,10H2,1-3H3,(H,19,24)(H,21,23). The molecule has 2 amide bonds. The highest BCUT2D eigenvalue weighted by molar-refractivity contribution is 5.90. The lowest BCUT2D eigenvalue weighted by atomic mass is 10.2. The fraction of sp³-hybridized carbons (Fsp3) is 0.412. The van der Waals surface area contributed by atoms with Crippen molar-refractivity contribution in [2.45, 2.75) is 39.2 Å². The van der Waals surface area contributed by atoms with Crippen molar-refractivity contribution < 1.29 is 14.3 Å². The molecule has 134 valence electrons. The number of ether oxygens (including phenoxy) is 1. The van der Waals surface area contributed by atoms with Gasteiger partial charge in [-0.2, -0.15) is 5.10 Å². The monoisotopic (exact) mass is 345 g/mol. The van der Waals surface area contributed by atoms with Crippen LogP contribution in [0.15, 0.2) is 36.9 Å². The Hall–Kier alpha value is -2.90. The normalized spacial score (nSPS) is 11.0. The summed E-state index contributed by atoms with van der Waals surface area (Å²) in [4.78, 5) is 27.3. The van der Waals surface area contributed by atoms with E-state index in [2.05, 4.69) is 20.7 Å². The van der Waals surface area contributed by atoms with Gasteiger partial charge in [0.15, 0.2) is 0 Å². The smallest absolute Gasteiger partial charge is 0.407 e. The number of alkyl carbamates (subject to hydrolysis) is 1. The fourth-order valence-electron chi connectivity index (χ4n) is 2.02. The van der Waals surface area contributed by atoms with Crippen LogP contribution in [-0.2, 0) is 9.53 Å². The molecule has 25 heavy (non-hydrogen) atoms. The third-order valence-corrected chi connectivity index (χ3v) is 3.08. The average molecular weight is 345 g/mol. The number of nitrogens with zero attached hydrogens (tertiary/aromatic N) is 3. The van der Waals surface area contributed by atoms with E-state index in [-0.39, 0.29) is 5.91 Å². The number of benzene rings is 1. The van der Waals surface area contributed by atoms with Gasteiger partial charge in [0.05, 0.1) is 5.69 Å². The molecule has 0 saturated carbocycles. The highest BCUT2D eigenvalue weighted by Gasteiger charge is 2.15. The lowest BCUT2D eigenvalue weighted by Crippen LogP contribution is -2.33. The number of carbonyl (C=O) groups is 2. The van der Waals surface area contributed by atoms with E-state index in [1.807, 2.05) is 12.1 Å². The molecule has 0 fully saturated rings. The minimum Gasteiger partial charge on any atom is -0.444 e. The number of hydrogen-bond donors (Lipinski definition) is 2. The molecule has 2 aromatic rings. The quantitative estimate of drug-likeness (QED) is 0.784. The molecule has 0 aliphatic carbocycles. The molecule has 0 bridgehead atoms. The first kappa shape index (κ1) is 18.4. The second-order valence-corrected chi connectivity index (χ2v) is 6.47. The maximum absolute atomic E-state index is 11.9. The van der Waals surface area contributed by atoms with Crippen LogP contribution >= 0.6 is 0 Å². The zero-order valence-corrected chi connectivity index (χ0v) is 14.7. The fourth-order valence-corrected chi connectivity index (χ4v) is 2.02. The molecule has 0 spiro atoms. The molecule has 8 nitrogen and oxygen atoms in total. The van der Waals surface area contributed by atoms with Crippen molar-refractivity contribution in [1.82, 2.24) is 20.1 Å². The van der Waals surface area contributed by atoms with Crippen LogP contribution in [0.25, 0.3) is 5.69 Å². The van der Waals surface area contributed by atoms with E-state index in [1.54, 1.807) is 43.9 Å². The second kappa shape index (κ2) is 8.27. The summed E-state index contributed by atoms with van der Waals surface area (Å²) in [5.41, 5.74) is 1.03. The van der Waals surface area contributed by atoms with Crippen molar-refractivity contribution in [1.29, 1.82) is 0 Å². The highest BCUT2D eigenvalue weighted by atomic mass is 16.6. The Balaban J connectivity index is 1.69. The summed E-state index contributed by atoms with van der Waals surface area (Å²) in [7, 11) is 0. The van der Waals surface area contributed by atoms with Crippen molar-refractivity contribution in [3.63, 3.8) is 0 Å². The number of rotatable bonds is 6. The zero-order chi connectivity index (χ0) is 18.3. The molecule has 1 heterocycles. The summed E-state index contributed by atoms with van der Waals surface area (Å²) in [6.07, 6.45) is 3.42. The summed E-state index contributed by atoms with van der Waals surface area (Å²) in [6, 6.07) is 7.28. The number of amides is 2. The van der Waals surface area contributed by atoms with Gasteiger partial charge in [-0.15, -0.1) is 0 Å². The van der Waals surface area contributed by atoms with Gasteiger partial charge < -0.3 is 15.4 Å². The van der Waals surface area contributed by atoms with Crippen LogP contribution in [0, 0.1) is 0 Å². The Kier molecular flexibility index (Phi) is 6.10. The van der Waals surface area contributed by atoms with Crippen LogP contribution < -0.4 is 10.6 Å². The summed E-state index contributed by atoms with van der Waals surface area (Å²) in [5, 5.41) is 9.47. The lowest BCUT2D eigenvalue weighted by Gasteiger charge is -2.19. The minimum absolute atomic E-state index is 0.112. The Labute approximate surface area is 146 Å². The molecule has 2 N–H and O–H groups in total. The van der Waals surface area contributed by atoms with Crippen molar-refractivity contribution >= 4 is 17.7 Å². The molecule has 1 aromatic heterocycles. The average Bonchev–Trinajstić information content (AvgIpc) is 3.05. The lowest BCUT2D eigenvalue weighted by molar-refractivity contribution is -0.116. The Morgan fingerprint density at radius 1 is 1.20 bits per heavy atom. The number of carbonyl (C=O) groups excluding carboxylic acids is 2. The molecular weight excluding hydrogens is 322 g/mol. The molecule has 8 heteroatoms. The van der Waals surface area contributed by atoms with Crippen LogP contribution in [0.5, 0.6) is 0 Å². The zero-order valence-electron chi connectivity index (χ0n) is 14.7. The van der Waals surface area contributed by atoms with Gasteiger partial charge in [-0.05, 0) is 51.5 Å². The van der Waals surface area contributed by atoms with Crippen LogP contribution in [-0.4, -0.2) is 38.9 Å². The van der Waals surface area contributed by atoms with Crippen molar-refractivity contribution in [2.75, 3.05) is 11.9 Å². The molecule has 0 aliphatic heterocycles. The number of hydrogen-bond acceptors (Lipinski definition) is 5. The molecule has 0 saturated heterocycles. The summed E-state index contributed by atoms with van der Waals surface area (Å²) in [5.74, 6) is -0.112. The third kappa shape index (κ3) is 6.62. The van der Waals surface area contributed by atoms with Gasteiger partial charge in [-0.3, -0.25) is 4.79 Å².